The summed E-state index contributed by atoms with van der Waals surface area (Å²) in [5.41, 5.74) is 6.29. The standard InChI is InChI=1S/C37H43N3O5S2/c1-36(2)28-14-11-21-39(22-13-25-47(43,44)45)35(28)38-32(36)16-7-5-8-17-33-37(3,4)29-26-27(31-15-12-24-46-31)19-20-30(29)40(33)23-10-6-9-18-34(41)42/h5,7-8,11-12,14-17,19-21,24,26H,6,9-10,13,18,22-23,25H2,1-4H3,(H-,41,42,43,44,45). The third kappa shape index (κ3) is 7.83. The van der Waals surface area contributed by atoms with Crippen LogP contribution in [-0.4, -0.2) is 42.1 Å². The van der Waals surface area contributed by atoms with E-state index in [0.717, 1.165) is 36.5 Å². The summed E-state index contributed by atoms with van der Waals surface area (Å²) in [5, 5.41) is 11.2. The molecule has 8 nitrogen and oxygen atoms in total. The molecule has 4 heterocycles. The van der Waals surface area contributed by atoms with Gasteiger partial charge in [0.25, 0.3) is 0 Å². The number of hydrogen-bond acceptors (Lipinski definition) is 7. The molecule has 2 aliphatic rings. The Bertz CT molecular complexity index is 1850. The predicted molar refractivity (Wildman–Crippen MR) is 189 cm³/mol. The predicted octanol–water partition coefficient (Wildman–Crippen LogP) is 7.44. The van der Waals surface area contributed by atoms with Crippen molar-refractivity contribution in [2.75, 3.05) is 17.2 Å². The number of pyridine rings is 1. The number of hydrogen-bond donors (Lipinski definition) is 1. The molecule has 0 unspecified atom stereocenters. The number of aliphatic carboxylic acids is 1. The van der Waals surface area contributed by atoms with Crippen molar-refractivity contribution in [1.29, 1.82) is 0 Å². The largest absolute Gasteiger partial charge is 0.748 e. The number of allylic oxidation sites excluding steroid dienone is 6. The quantitative estimate of drug-likeness (QED) is 0.0824. The highest BCUT2D eigenvalue weighted by atomic mass is 32.2. The molecule has 3 aromatic rings. The fraction of sp³-hybridized carbons (Fsp3) is 0.378. The van der Waals surface area contributed by atoms with Gasteiger partial charge in [0.15, 0.2) is 5.71 Å². The topological polar surface area (TPSA) is 114 Å². The van der Waals surface area contributed by atoms with Crippen molar-refractivity contribution in [3.05, 3.63) is 101 Å². The van der Waals surface area contributed by atoms with E-state index in [4.69, 9.17) is 10.1 Å². The van der Waals surface area contributed by atoms with Crippen LogP contribution >= 0.6 is 11.3 Å². The van der Waals surface area contributed by atoms with Gasteiger partial charge in [-0.3, -0.25) is 4.79 Å². The molecule has 1 aromatic carbocycles. The van der Waals surface area contributed by atoms with Crippen LogP contribution in [0.3, 0.4) is 0 Å². The third-order valence-corrected chi connectivity index (χ3v) is 10.8. The second kappa shape index (κ2) is 14.1. The van der Waals surface area contributed by atoms with E-state index in [-0.39, 0.29) is 23.7 Å². The zero-order valence-electron chi connectivity index (χ0n) is 27.5. The summed E-state index contributed by atoms with van der Waals surface area (Å²) in [6, 6.07) is 14.9. The number of carboxylic acid groups (broad SMARTS) is 1. The van der Waals surface area contributed by atoms with Crippen molar-refractivity contribution in [3.63, 3.8) is 0 Å². The van der Waals surface area contributed by atoms with E-state index in [1.54, 1.807) is 11.3 Å². The number of aliphatic imine (C=N–C) groups is 1. The molecule has 10 heteroatoms. The minimum atomic E-state index is -4.26. The highest BCUT2D eigenvalue weighted by Gasteiger charge is 2.42. The minimum absolute atomic E-state index is 0.197. The first-order valence-corrected chi connectivity index (χ1v) is 18.5. The summed E-state index contributed by atoms with van der Waals surface area (Å²) in [6.07, 6.45) is 15.0. The Morgan fingerprint density at radius 2 is 1.81 bits per heavy atom. The molecule has 2 aromatic heterocycles. The van der Waals surface area contributed by atoms with Crippen molar-refractivity contribution in [2.24, 2.45) is 4.99 Å². The van der Waals surface area contributed by atoms with Crippen LogP contribution in [0.4, 0.5) is 11.5 Å². The van der Waals surface area contributed by atoms with Crippen LogP contribution < -0.4 is 9.47 Å². The highest BCUT2D eigenvalue weighted by molar-refractivity contribution is 7.85. The lowest BCUT2D eigenvalue weighted by atomic mass is 9.82. The molecule has 0 radical (unpaired) electrons. The number of nitrogens with zero attached hydrogens (tertiary/aromatic N) is 3. The van der Waals surface area contributed by atoms with Crippen LogP contribution in [0.2, 0.25) is 0 Å². The van der Waals surface area contributed by atoms with Gasteiger partial charge in [-0.25, -0.2) is 13.0 Å². The van der Waals surface area contributed by atoms with E-state index in [9.17, 15) is 17.8 Å². The van der Waals surface area contributed by atoms with Gasteiger partial charge in [0.1, 0.15) is 0 Å². The fourth-order valence-corrected chi connectivity index (χ4v) is 7.68. The number of thiophene rings is 1. The lowest BCUT2D eigenvalue weighted by Crippen LogP contribution is -2.35. The van der Waals surface area contributed by atoms with Crippen LogP contribution in [0.25, 0.3) is 10.4 Å². The average molecular weight is 674 g/mol. The Balaban J connectivity index is 1.36. The molecule has 0 fully saturated rings. The van der Waals surface area contributed by atoms with E-state index in [1.165, 1.54) is 27.4 Å². The molecule has 0 aliphatic carbocycles. The number of carboxylic acids is 1. The van der Waals surface area contributed by atoms with Crippen molar-refractivity contribution >= 4 is 44.6 Å². The van der Waals surface area contributed by atoms with Gasteiger partial charge in [-0.2, -0.15) is 0 Å². The zero-order chi connectivity index (χ0) is 33.8. The Kier molecular flexibility index (Phi) is 10.3. The maximum atomic E-state index is 11.1. The normalized spacial score (nSPS) is 17.5. The molecule has 0 amide bonds. The van der Waals surface area contributed by atoms with Crippen molar-refractivity contribution in [1.82, 2.24) is 0 Å². The summed E-state index contributed by atoms with van der Waals surface area (Å²) >= 11 is 1.74. The Hall–Kier alpha value is -3.86. The van der Waals surface area contributed by atoms with Crippen molar-refractivity contribution < 1.29 is 27.4 Å². The molecule has 0 saturated heterocycles. The lowest BCUT2D eigenvalue weighted by molar-refractivity contribution is -0.684. The van der Waals surface area contributed by atoms with Crippen LogP contribution in [-0.2, 0) is 32.3 Å². The molecule has 0 bridgehead atoms. The number of aromatic nitrogens is 1. The highest BCUT2D eigenvalue weighted by Crippen LogP contribution is 2.49. The van der Waals surface area contributed by atoms with Gasteiger partial charge in [0, 0.05) is 40.4 Å². The molecule has 1 N–H and O–H groups in total. The van der Waals surface area contributed by atoms with Gasteiger partial charge < -0.3 is 14.6 Å². The first-order valence-electron chi connectivity index (χ1n) is 16.1. The number of aryl methyl sites for hydroxylation is 1. The summed E-state index contributed by atoms with van der Waals surface area (Å²) in [4.78, 5) is 19.6. The SMILES string of the molecule is CC1(C)C(/C=C/C=C/C=C2/N(CCCCCC(=O)O)c3ccc(-c4cccs4)cc3C2(C)C)=Nc2c1ccc[n+]2CCCS(=O)(=O)[O-]. The van der Waals surface area contributed by atoms with E-state index in [1.807, 2.05) is 41.1 Å². The maximum absolute atomic E-state index is 11.1. The van der Waals surface area contributed by atoms with Gasteiger partial charge in [-0.1, -0.05) is 50.6 Å². The number of unbranched alkanes of at least 4 members (excludes halogenated alkanes) is 2. The first kappa shape index (κ1) is 34.5. The van der Waals surface area contributed by atoms with Gasteiger partial charge in [0.2, 0.25) is 0 Å². The molecule has 0 spiro atoms. The maximum Gasteiger partial charge on any atom is 0.327 e. The molecule has 5 rings (SSSR count). The fourth-order valence-electron chi connectivity index (χ4n) is 6.48. The van der Waals surface area contributed by atoms with Gasteiger partial charge in [0.05, 0.1) is 33.8 Å². The van der Waals surface area contributed by atoms with Gasteiger partial charge in [-0.05, 0) is 97.1 Å². The molecule has 248 valence electrons. The molecular weight excluding hydrogens is 631 g/mol. The molecular formula is C37H43N3O5S2. The number of carbonyl (C=O) groups is 1. The second-order valence-electron chi connectivity index (χ2n) is 13.2. The van der Waals surface area contributed by atoms with Crippen LogP contribution in [0, 0.1) is 0 Å². The average Bonchev–Trinajstić information content (AvgIpc) is 3.68. The lowest BCUT2D eigenvalue weighted by Gasteiger charge is -2.27. The summed E-state index contributed by atoms with van der Waals surface area (Å²) < 4.78 is 35.2. The number of fused-ring (bicyclic) bond motifs is 2. The van der Waals surface area contributed by atoms with Gasteiger partial charge in [-0.15, -0.1) is 11.3 Å². The van der Waals surface area contributed by atoms with E-state index in [2.05, 4.69) is 80.5 Å². The molecule has 2 aliphatic heterocycles. The Morgan fingerprint density at radius 1 is 1.00 bits per heavy atom. The molecule has 0 saturated carbocycles. The van der Waals surface area contributed by atoms with E-state index < -0.39 is 21.8 Å². The Morgan fingerprint density at radius 3 is 2.53 bits per heavy atom. The smallest absolute Gasteiger partial charge is 0.327 e. The molecule has 0 atom stereocenters. The third-order valence-electron chi connectivity index (χ3n) is 9.08. The number of benzene rings is 1. The zero-order valence-corrected chi connectivity index (χ0v) is 29.1. The van der Waals surface area contributed by atoms with E-state index >= 15 is 0 Å². The summed E-state index contributed by atoms with van der Waals surface area (Å²) in [6.45, 7) is 9.98. The Labute approximate surface area is 282 Å². The van der Waals surface area contributed by atoms with Crippen molar-refractivity contribution in [3.8, 4) is 10.4 Å². The number of anilines is 1. The van der Waals surface area contributed by atoms with Crippen LogP contribution in [0.1, 0.15) is 70.9 Å². The minimum Gasteiger partial charge on any atom is -0.748 e. The van der Waals surface area contributed by atoms with E-state index in [0.29, 0.717) is 13.0 Å². The summed E-state index contributed by atoms with van der Waals surface area (Å²) in [5.74, 6) is -0.358. The van der Waals surface area contributed by atoms with Crippen LogP contribution in [0.5, 0.6) is 0 Å². The monoisotopic (exact) mass is 673 g/mol. The second-order valence-corrected chi connectivity index (χ2v) is 15.6. The first-order chi connectivity index (χ1) is 22.3. The van der Waals surface area contributed by atoms with Crippen molar-refractivity contribution in [2.45, 2.75) is 77.2 Å². The summed E-state index contributed by atoms with van der Waals surface area (Å²) in [7, 11) is -4.26. The number of rotatable bonds is 14. The van der Waals surface area contributed by atoms with Crippen LogP contribution in [0.15, 0.2) is 95.1 Å². The molecule has 47 heavy (non-hydrogen) atoms. The van der Waals surface area contributed by atoms with Gasteiger partial charge >= 0.3 is 11.8 Å².